The van der Waals surface area contributed by atoms with E-state index in [9.17, 15) is 18.3 Å². The summed E-state index contributed by atoms with van der Waals surface area (Å²) in [6, 6.07) is 4.81. The quantitative estimate of drug-likeness (QED) is 0.792. The smallest absolute Gasteiger partial charge is 0.398 e. The van der Waals surface area contributed by atoms with Gasteiger partial charge in [0.1, 0.15) is 0 Å². The van der Waals surface area contributed by atoms with Crippen molar-refractivity contribution < 1.29 is 18.3 Å². The van der Waals surface area contributed by atoms with Crippen molar-refractivity contribution >= 4 is 33.0 Å². The van der Waals surface area contributed by atoms with Gasteiger partial charge in [-0.05, 0) is 45.6 Å². The van der Waals surface area contributed by atoms with Crippen LogP contribution in [0.4, 0.5) is 18.9 Å². The fraction of sp³-hybridized carbons (Fsp3) is 0.231. The van der Waals surface area contributed by atoms with Crippen LogP contribution in [0.25, 0.3) is 0 Å². The molecule has 3 N–H and O–H groups in total. The van der Waals surface area contributed by atoms with Gasteiger partial charge in [0.25, 0.3) is 0 Å². The van der Waals surface area contributed by atoms with Crippen molar-refractivity contribution in [1.82, 2.24) is 0 Å². The molecule has 0 aliphatic rings. The summed E-state index contributed by atoms with van der Waals surface area (Å²) in [6.07, 6.45) is -5.32. The van der Waals surface area contributed by atoms with E-state index in [4.69, 9.17) is 5.73 Å². The van der Waals surface area contributed by atoms with Gasteiger partial charge in [0.05, 0.1) is 11.7 Å². The number of halogens is 4. The van der Waals surface area contributed by atoms with Gasteiger partial charge in [-0.3, -0.25) is 0 Å². The second-order valence-electron chi connectivity index (χ2n) is 4.25. The maximum Gasteiger partial charge on any atom is 0.416 e. The molecule has 1 aromatic carbocycles. The molecule has 2 rings (SSSR count). The molecule has 2 nitrogen and oxygen atoms in total. The van der Waals surface area contributed by atoms with E-state index < -0.39 is 17.8 Å². The number of aliphatic hydroxyl groups is 1. The van der Waals surface area contributed by atoms with Gasteiger partial charge in [-0.1, -0.05) is 0 Å². The van der Waals surface area contributed by atoms with E-state index in [0.717, 1.165) is 21.5 Å². The molecule has 0 saturated heterocycles. The average molecular weight is 366 g/mol. The highest BCUT2D eigenvalue weighted by atomic mass is 79.9. The zero-order valence-electron chi connectivity index (χ0n) is 10.1. The molecule has 0 amide bonds. The average Bonchev–Trinajstić information content (AvgIpc) is 2.74. The lowest BCUT2D eigenvalue weighted by molar-refractivity contribution is -0.137. The first kappa shape index (κ1) is 15.3. The van der Waals surface area contributed by atoms with Crippen LogP contribution in [0.3, 0.4) is 0 Å². The minimum atomic E-state index is -4.45. The first-order chi connectivity index (χ1) is 9.29. The van der Waals surface area contributed by atoms with Gasteiger partial charge in [-0.2, -0.15) is 13.2 Å². The molecule has 1 unspecified atom stereocenters. The summed E-state index contributed by atoms with van der Waals surface area (Å²) in [7, 11) is 0. The molecule has 2 aromatic rings. The predicted molar refractivity (Wildman–Crippen MR) is 76.5 cm³/mol. The lowest BCUT2D eigenvalue weighted by Gasteiger charge is -2.16. The number of nitrogen functional groups attached to an aromatic ring is 1. The number of alkyl halides is 3. The van der Waals surface area contributed by atoms with Crippen LogP contribution >= 0.6 is 27.3 Å². The number of rotatable bonds is 3. The van der Waals surface area contributed by atoms with Crippen LogP contribution in [0.15, 0.2) is 34.1 Å². The molecule has 0 aliphatic heterocycles. The Morgan fingerprint density at radius 3 is 2.55 bits per heavy atom. The summed E-state index contributed by atoms with van der Waals surface area (Å²) in [4.78, 5) is 0.856. The third-order valence-electron chi connectivity index (χ3n) is 2.84. The van der Waals surface area contributed by atoms with Crippen molar-refractivity contribution in [3.05, 3.63) is 50.1 Å². The van der Waals surface area contributed by atoms with Crippen LogP contribution in [0, 0.1) is 0 Å². The molecule has 1 aromatic heterocycles. The largest absolute Gasteiger partial charge is 0.416 e. The molecular formula is C13H11BrF3NOS. The Morgan fingerprint density at radius 2 is 2.00 bits per heavy atom. The number of nitrogens with two attached hydrogens (primary N) is 1. The van der Waals surface area contributed by atoms with Gasteiger partial charge >= 0.3 is 6.18 Å². The molecule has 20 heavy (non-hydrogen) atoms. The summed E-state index contributed by atoms with van der Waals surface area (Å²) in [5.41, 5.74) is 5.10. The Kier molecular flexibility index (Phi) is 4.41. The van der Waals surface area contributed by atoms with Crippen LogP contribution in [0.5, 0.6) is 0 Å². The van der Waals surface area contributed by atoms with Crippen molar-refractivity contribution in [2.24, 2.45) is 0 Å². The molecule has 0 saturated carbocycles. The van der Waals surface area contributed by atoms with Crippen molar-refractivity contribution in [3.63, 3.8) is 0 Å². The van der Waals surface area contributed by atoms with Crippen molar-refractivity contribution in [2.75, 3.05) is 5.73 Å². The summed E-state index contributed by atoms with van der Waals surface area (Å²) in [5.74, 6) is 0. The van der Waals surface area contributed by atoms with Gasteiger partial charge in [-0.25, -0.2) is 0 Å². The summed E-state index contributed by atoms with van der Waals surface area (Å²) < 4.78 is 38.9. The van der Waals surface area contributed by atoms with E-state index in [1.54, 1.807) is 0 Å². The molecule has 0 spiro atoms. The molecule has 0 fully saturated rings. The summed E-state index contributed by atoms with van der Waals surface area (Å²) in [6.45, 7) is 0. The molecule has 7 heteroatoms. The van der Waals surface area contributed by atoms with E-state index in [1.807, 2.05) is 11.4 Å². The second-order valence-corrected chi connectivity index (χ2v) is 6.11. The van der Waals surface area contributed by atoms with Crippen molar-refractivity contribution in [3.8, 4) is 0 Å². The maximum absolute atomic E-state index is 12.7. The molecular weight excluding hydrogens is 355 g/mol. The second kappa shape index (κ2) is 5.75. The fourth-order valence-corrected chi connectivity index (χ4v) is 3.35. The standard InChI is InChI=1S/C13H11BrF3NOS/c14-9-3-4-20-12(9)6-11(19)8-5-7(13(15,16)17)1-2-10(8)18/h1-5,11,19H,6,18H2. The number of hydrogen-bond donors (Lipinski definition) is 2. The fourth-order valence-electron chi connectivity index (χ4n) is 1.80. The number of hydrogen-bond acceptors (Lipinski definition) is 3. The highest BCUT2D eigenvalue weighted by molar-refractivity contribution is 9.10. The van der Waals surface area contributed by atoms with E-state index in [0.29, 0.717) is 0 Å². The van der Waals surface area contributed by atoms with Crippen molar-refractivity contribution in [1.29, 1.82) is 0 Å². The Hall–Kier alpha value is -1.05. The topological polar surface area (TPSA) is 46.2 Å². The first-order valence-electron chi connectivity index (χ1n) is 5.65. The lowest BCUT2D eigenvalue weighted by Crippen LogP contribution is -2.10. The van der Waals surface area contributed by atoms with Gasteiger partial charge in [0, 0.05) is 27.0 Å². The summed E-state index contributed by atoms with van der Waals surface area (Å²) in [5, 5.41) is 12.0. The number of anilines is 1. The van der Waals surface area contributed by atoms with E-state index >= 15 is 0 Å². The minimum Gasteiger partial charge on any atom is -0.398 e. The summed E-state index contributed by atoms with van der Waals surface area (Å²) >= 11 is 4.74. The van der Waals surface area contributed by atoms with Crippen LogP contribution in [0.1, 0.15) is 22.1 Å². The first-order valence-corrected chi connectivity index (χ1v) is 7.33. The van der Waals surface area contributed by atoms with Gasteiger partial charge in [0.2, 0.25) is 0 Å². The third-order valence-corrected chi connectivity index (χ3v) is 4.79. The van der Waals surface area contributed by atoms with Crippen molar-refractivity contribution in [2.45, 2.75) is 18.7 Å². The predicted octanol–water partition coefficient (Wildman–Crippen LogP) is 4.39. The molecule has 108 valence electrons. The minimum absolute atomic E-state index is 0.0973. The molecule has 0 bridgehead atoms. The molecule has 1 heterocycles. The van der Waals surface area contributed by atoms with E-state index in [-0.39, 0.29) is 17.7 Å². The number of thiophene rings is 1. The van der Waals surface area contributed by atoms with Crippen LogP contribution in [0.2, 0.25) is 0 Å². The van der Waals surface area contributed by atoms with Gasteiger partial charge in [-0.15, -0.1) is 11.3 Å². The molecule has 0 aliphatic carbocycles. The molecule has 1 atom stereocenters. The van der Waals surface area contributed by atoms with Crippen LogP contribution < -0.4 is 5.73 Å². The van der Waals surface area contributed by atoms with Gasteiger partial charge < -0.3 is 10.8 Å². The highest BCUT2D eigenvalue weighted by Gasteiger charge is 2.31. The lowest BCUT2D eigenvalue weighted by atomic mass is 10.0. The Morgan fingerprint density at radius 1 is 1.30 bits per heavy atom. The zero-order chi connectivity index (χ0) is 14.9. The number of aliphatic hydroxyl groups excluding tert-OH is 1. The van der Waals surface area contributed by atoms with E-state index in [2.05, 4.69) is 15.9 Å². The van der Waals surface area contributed by atoms with E-state index in [1.165, 1.54) is 17.4 Å². The SMILES string of the molecule is Nc1ccc(C(F)(F)F)cc1C(O)Cc1sccc1Br. The maximum atomic E-state index is 12.7. The highest BCUT2D eigenvalue weighted by Crippen LogP contribution is 2.35. The van der Waals surface area contributed by atoms with Crippen LogP contribution in [-0.4, -0.2) is 5.11 Å². The molecule has 0 radical (unpaired) electrons. The van der Waals surface area contributed by atoms with Gasteiger partial charge in [0.15, 0.2) is 0 Å². The third kappa shape index (κ3) is 3.34. The monoisotopic (exact) mass is 365 g/mol. The Labute approximate surface area is 126 Å². The van der Waals surface area contributed by atoms with Crippen LogP contribution in [-0.2, 0) is 12.6 Å². The Balaban J connectivity index is 2.29. The zero-order valence-corrected chi connectivity index (χ0v) is 12.5. The number of benzene rings is 1. The Bertz CT molecular complexity index is 612. The normalized spacial score (nSPS) is 13.4.